The third kappa shape index (κ3) is 3.91. The molecule has 0 spiro atoms. The minimum absolute atomic E-state index is 0.282. The summed E-state index contributed by atoms with van der Waals surface area (Å²) in [5, 5.41) is 11.0. The molecule has 2 atom stereocenters. The maximum Gasteiger partial charge on any atom is 0.294 e. The van der Waals surface area contributed by atoms with Crippen molar-refractivity contribution in [1.29, 1.82) is 0 Å². The lowest BCUT2D eigenvalue weighted by Gasteiger charge is -2.37. The molecule has 0 amide bonds. The summed E-state index contributed by atoms with van der Waals surface area (Å²) < 4.78 is 98.6. The van der Waals surface area contributed by atoms with Gasteiger partial charge in [-0.2, -0.15) is 25.3 Å². The molecule has 1 aliphatic carbocycles. The van der Waals surface area contributed by atoms with Gasteiger partial charge in [0, 0.05) is 11.1 Å². The summed E-state index contributed by atoms with van der Waals surface area (Å²) in [6.07, 6.45) is 0.732. The van der Waals surface area contributed by atoms with Crippen LogP contribution in [0.25, 0.3) is 4.91 Å². The number of hydrogen-bond donors (Lipinski definition) is 5. The van der Waals surface area contributed by atoms with E-state index in [0.29, 0.717) is 6.07 Å². The average Bonchev–Trinajstić information content (AvgIpc) is 2.59. The summed E-state index contributed by atoms with van der Waals surface area (Å²) in [6, 6.07) is 7.22. The van der Waals surface area contributed by atoms with Crippen LogP contribution < -0.4 is 5.73 Å². The van der Waals surface area contributed by atoms with Crippen LogP contribution in [0, 0.1) is 0 Å². The van der Waals surface area contributed by atoms with Crippen molar-refractivity contribution in [2.45, 2.75) is 21.4 Å². The Kier molecular flexibility index (Phi) is 5.20. The van der Waals surface area contributed by atoms with Gasteiger partial charge in [0.05, 0.1) is 20.6 Å². The lowest BCUT2D eigenvalue weighted by Crippen LogP contribution is -2.45. The summed E-state index contributed by atoms with van der Waals surface area (Å²) in [5.41, 5.74) is 2.32. The quantitative estimate of drug-likeness (QED) is 0.299. The largest absolute Gasteiger partial charge is 0.371 e. The third-order valence-electron chi connectivity index (χ3n) is 4.59. The minimum atomic E-state index is -5.03. The molecule has 6 N–H and O–H groups in total. The second-order valence-corrected chi connectivity index (χ2v) is 10.7. The van der Waals surface area contributed by atoms with Crippen LogP contribution in [0.2, 0.25) is 0 Å². The topological polar surface area (TPSA) is 209 Å². The van der Waals surface area contributed by atoms with E-state index in [0.717, 1.165) is 24.3 Å². The van der Waals surface area contributed by atoms with Gasteiger partial charge < -0.3 is 5.11 Å². The van der Waals surface area contributed by atoms with Crippen LogP contribution in [0.1, 0.15) is 22.6 Å². The molecule has 0 aliphatic heterocycles. The Morgan fingerprint density at radius 2 is 1.43 bits per heavy atom. The Bertz CT molecular complexity index is 1390. The van der Waals surface area contributed by atoms with E-state index in [1.165, 1.54) is 18.2 Å². The second-order valence-electron chi connectivity index (χ2n) is 6.50. The Hall–Kier alpha value is -2.17. The molecule has 1 aliphatic rings. The molecule has 14 heteroatoms. The van der Waals surface area contributed by atoms with Crippen LogP contribution in [0.5, 0.6) is 0 Å². The normalized spacial score (nSPS) is 22.3. The number of fused-ring (bicyclic) bond motifs is 1. The maximum absolute atomic E-state index is 12.0. The highest BCUT2D eigenvalue weighted by molar-refractivity contribution is 7.95. The van der Waals surface area contributed by atoms with E-state index in [2.05, 4.69) is 0 Å². The van der Waals surface area contributed by atoms with Crippen molar-refractivity contribution in [3.63, 3.8) is 0 Å². The number of hydrogen-bond acceptors (Lipinski definition) is 8. The molecule has 11 nitrogen and oxygen atoms in total. The van der Waals surface area contributed by atoms with Crippen LogP contribution in [0.3, 0.4) is 0 Å². The first-order valence-electron chi connectivity index (χ1n) is 7.94. The van der Waals surface area contributed by atoms with Crippen molar-refractivity contribution in [2.75, 3.05) is 0 Å². The monoisotopic (exact) mass is 477 g/mol. The van der Waals surface area contributed by atoms with Crippen LogP contribution >= 0.6 is 0 Å². The summed E-state index contributed by atoms with van der Waals surface area (Å²) in [4.78, 5) is -2.28. The molecule has 30 heavy (non-hydrogen) atoms. The third-order valence-corrected chi connectivity index (χ3v) is 7.28. The summed E-state index contributed by atoms with van der Waals surface area (Å²) in [7, 11) is -14.6. The lowest BCUT2D eigenvalue weighted by atomic mass is 9.78. The Balaban J connectivity index is 2.41. The fraction of sp³-hybridized carbons (Fsp3) is 0.125. The predicted molar refractivity (Wildman–Crippen MR) is 103 cm³/mol. The van der Waals surface area contributed by atoms with Crippen molar-refractivity contribution in [1.82, 2.24) is 0 Å². The molecule has 162 valence electrons. The van der Waals surface area contributed by atoms with E-state index in [1.54, 1.807) is 0 Å². The molecule has 0 saturated heterocycles. The van der Waals surface area contributed by atoms with Gasteiger partial charge in [-0.3, -0.25) is 19.4 Å². The zero-order valence-electron chi connectivity index (χ0n) is 14.7. The minimum Gasteiger partial charge on any atom is -0.371 e. The van der Waals surface area contributed by atoms with Crippen molar-refractivity contribution < 1.29 is 44.0 Å². The van der Waals surface area contributed by atoms with Gasteiger partial charge in [0.15, 0.2) is 5.72 Å². The highest BCUT2D eigenvalue weighted by Gasteiger charge is 2.44. The summed E-state index contributed by atoms with van der Waals surface area (Å²) >= 11 is 0. The number of rotatable bonds is 4. The summed E-state index contributed by atoms with van der Waals surface area (Å²) in [5.74, 6) is -1.60. The molecule has 0 bridgehead atoms. The first-order valence-corrected chi connectivity index (χ1v) is 12.3. The van der Waals surface area contributed by atoms with Crippen LogP contribution in [-0.4, -0.2) is 44.0 Å². The summed E-state index contributed by atoms with van der Waals surface area (Å²) in [6.45, 7) is 0. The van der Waals surface area contributed by atoms with Gasteiger partial charge >= 0.3 is 0 Å². The predicted octanol–water partition coefficient (Wildman–Crippen LogP) is 0.310. The fourth-order valence-corrected chi connectivity index (χ4v) is 5.30. The Morgan fingerprint density at radius 1 is 0.833 bits per heavy atom. The van der Waals surface area contributed by atoms with Gasteiger partial charge in [-0.15, -0.1) is 0 Å². The molecule has 0 radical (unpaired) electrons. The van der Waals surface area contributed by atoms with Crippen LogP contribution in [0.15, 0.2) is 58.3 Å². The maximum atomic E-state index is 12.0. The number of nitrogens with two attached hydrogens (primary N) is 1. The SMILES string of the molecule is NC1(O)c2ccc(S(=O)(=O)O)cc2C(S(=O)(=O)O)=CC1c1ccccc1S(=O)(=O)O. The van der Waals surface area contributed by atoms with Crippen molar-refractivity contribution in [2.24, 2.45) is 5.73 Å². The van der Waals surface area contributed by atoms with E-state index in [1.807, 2.05) is 0 Å². The van der Waals surface area contributed by atoms with E-state index in [-0.39, 0.29) is 11.1 Å². The van der Waals surface area contributed by atoms with Gasteiger partial charge in [0.1, 0.15) is 0 Å². The van der Waals surface area contributed by atoms with Crippen LogP contribution in [-0.2, 0) is 36.1 Å². The van der Waals surface area contributed by atoms with E-state index in [9.17, 15) is 44.0 Å². The number of benzene rings is 2. The lowest BCUT2D eigenvalue weighted by molar-refractivity contribution is 0.0258. The van der Waals surface area contributed by atoms with E-state index < -0.39 is 62.3 Å². The molecule has 3 rings (SSSR count). The van der Waals surface area contributed by atoms with E-state index in [4.69, 9.17) is 5.73 Å². The highest BCUT2D eigenvalue weighted by atomic mass is 32.2. The fourth-order valence-electron chi connectivity index (χ4n) is 3.30. The second kappa shape index (κ2) is 6.93. The van der Waals surface area contributed by atoms with Crippen molar-refractivity contribution >= 4 is 35.3 Å². The Labute approximate surface area is 171 Å². The van der Waals surface area contributed by atoms with E-state index >= 15 is 0 Å². The van der Waals surface area contributed by atoms with Gasteiger partial charge in [0.25, 0.3) is 30.4 Å². The van der Waals surface area contributed by atoms with Crippen molar-refractivity contribution in [3.8, 4) is 0 Å². The zero-order chi connectivity index (χ0) is 22.7. The molecular formula is C16H15NO10S3. The zero-order valence-corrected chi connectivity index (χ0v) is 17.2. The molecule has 0 saturated carbocycles. The van der Waals surface area contributed by atoms with Gasteiger partial charge in [-0.05, 0) is 23.8 Å². The number of aliphatic hydroxyl groups is 1. The first-order chi connectivity index (χ1) is 13.5. The van der Waals surface area contributed by atoms with Crippen molar-refractivity contribution in [3.05, 3.63) is 65.2 Å². The smallest absolute Gasteiger partial charge is 0.294 e. The standard InChI is InChI=1S/C16H15NO10S3/c17-16(18)12-6-5-9(28(19,20)21)7-11(12)15(30(25,26)27)8-13(16)10-3-1-2-4-14(10)29(22,23)24/h1-8,13,18H,17H2,(H,19,20,21)(H,22,23,24)(H,25,26,27). The van der Waals surface area contributed by atoms with Gasteiger partial charge in [-0.25, -0.2) is 0 Å². The molecule has 2 aromatic carbocycles. The first kappa shape index (κ1) is 22.5. The molecule has 0 fully saturated rings. The molecule has 0 aromatic heterocycles. The average molecular weight is 477 g/mol. The van der Waals surface area contributed by atoms with Gasteiger partial charge in [0.2, 0.25) is 0 Å². The van der Waals surface area contributed by atoms with Gasteiger partial charge in [-0.1, -0.05) is 30.3 Å². The molecule has 2 aromatic rings. The van der Waals surface area contributed by atoms with Crippen LogP contribution in [0.4, 0.5) is 0 Å². The Morgan fingerprint density at radius 3 is 1.97 bits per heavy atom. The molecular weight excluding hydrogens is 462 g/mol. The highest BCUT2D eigenvalue weighted by Crippen LogP contribution is 2.46. The molecule has 0 heterocycles. The molecule has 2 unspecified atom stereocenters.